The van der Waals surface area contributed by atoms with Gasteiger partial charge >= 0.3 is 0 Å². The van der Waals surface area contributed by atoms with Gasteiger partial charge < -0.3 is 15.1 Å². The maximum Gasteiger partial charge on any atom is 0.235 e. The first-order chi connectivity index (χ1) is 6.75. The van der Waals surface area contributed by atoms with Crippen molar-refractivity contribution in [3.05, 3.63) is 11.8 Å². The van der Waals surface area contributed by atoms with E-state index in [4.69, 9.17) is 4.42 Å². The quantitative estimate of drug-likeness (QED) is 0.744. The van der Waals surface area contributed by atoms with Crippen molar-refractivity contribution in [2.24, 2.45) is 5.92 Å². The molecule has 1 fully saturated rings. The van der Waals surface area contributed by atoms with Gasteiger partial charge in [0.1, 0.15) is 0 Å². The molecule has 2 rings (SSSR count). The van der Waals surface area contributed by atoms with Crippen LogP contribution in [0.25, 0.3) is 0 Å². The molecule has 0 unspecified atom stereocenters. The number of nitrogens with one attached hydrogen (secondary N) is 2. The van der Waals surface area contributed by atoms with Gasteiger partial charge in [-0.15, -0.1) is 22.6 Å². The Balaban J connectivity index is 0.00000112. The summed E-state index contributed by atoms with van der Waals surface area (Å²) in [6, 6.07) is 0. The molecular weight excluding hydrogens is 220 g/mol. The van der Waals surface area contributed by atoms with Crippen LogP contribution >= 0.6 is 12.4 Å². The molecule has 15 heavy (non-hydrogen) atoms. The van der Waals surface area contributed by atoms with Gasteiger partial charge in [-0.2, -0.15) is 0 Å². The van der Waals surface area contributed by atoms with Crippen LogP contribution in [0.15, 0.2) is 4.42 Å². The zero-order chi connectivity index (χ0) is 9.97. The number of amides is 1. The molecule has 1 saturated heterocycles. The standard InChI is InChI=1S/C8H12N4O2.ClH/c1-5-11-12-7(14-5)4-10-8(13)6-2-9-3-6;/h6,9H,2-4H2,1H3,(H,10,13);1H. The Morgan fingerprint density at radius 3 is 2.80 bits per heavy atom. The highest BCUT2D eigenvalue weighted by Gasteiger charge is 2.24. The number of hydrogen-bond acceptors (Lipinski definition) is 5. The number of nitrogens with zero attached hydrogens (tertiary/aromatic N) is 2. The highest BCUT2D eigenvalue weighted by Crippen LogP contribution is 2.03. The smallest absolute Gasteiger partial charge is 0.235 e. The second-order valence-corrected chi connectivity index (χ2v) is 3.29. The molecule has 0 spiro atoms. The highest BCUT2D eigenvalue weighted by molar-refractivity contribution is 5.85. The van der Waals surface area contributed by atoms with Gasteiger partial charge in [0.05, 0.1) is 12.5 Å². The lowest BCUT2D eigenvalue weighted by atomic mass is 10.0. The molecule has 1 aliphatic rings. The van der Waals surface area contributed by atoms with Crippen molar-refractivity contribution in [2.75, 3.05) is 13.1 Å². The Morgan fingerprint density at radius 2 is 2.33 bits per heavy atom. The molecule has 0 atom stereocenters. The lowest BCUT2D eigenvalue weighted by Gasteiger charge is -2.25. The Kier molecular flexibility index (Phi) is 4.05. The lowest BCUT2D eigenvalue weighted by Crippen LogP contribution is -2.50. The van der Waals surface area contributed by atoms with E-state index in [2.05, 4.69) is 20.8 Å². The summed E-state index contributed by atoms with van der Waals surface area (Å²) in [5.74, 6) is 1.10. The molecule has 2 N–H and O–H groups in total. The Hall–Kier alpha value is -1.14. The summed E-state index contributed by atoms with van der Waals surface area (Å²) < 4.78 is 5.11. The summed E-state index contributed by atoms with van der Waals surface area (Å²) in [5, 5.41) is 13.2. The van der Waals surface area contributed by atoms with Crippen molar-refractivity contribution in [3.8, 4) is 0 Å². The predicted molar refractivity (Wildman–Crippen MR) is 54.5 cm³/mol. The zero-order valence-corrected chi connectivity index (χ0v) is 9.13. The van der Waals surface area contributed by atoms with Crippen LogP contribution in [0.2, 0.25) is 0 Å². The third kappa shape index (κ3) is 2.90. The van der Waals surface area contributed by atoms with E-state index in [0.717, 1.165) is 13.1 Å². The molecule has 0 radical (unpaired) electrons. The average molecular weight is 233 g/mol. The molecule has 0 saturated carbocycles. The van der Waals surface area contributed by atoms with Crippen molar-refractivity contribution in [3.63, 3.8) is 0 Å². The Morgan fingerprint density at radius 1 is 1.60 bits per heavy atom. The monoisotopic (exact) mass is 232 g/mol. The minimum Gasteiger partial charge on any atom is -0.424 e. The van der Waals surface area contributed by atoms with Gasteiger partial charge in [0.25, 0.3) is 0 Å². The van der Waals surface area contributed by atoms with Crippen LogP contribution in [-0.2, 0) is 11.3 Å². The van der Waals surface area contributed by atoms with Gasteiger partial charge in [0.15, 0.2) is 0 Å². The number of rotatable bonds is 3. The van der Waals surface area contributed by atoms with Gasteiger partial charge in [-0.3, -0.25) is 4.79 Å². The van der Waals surface area contributed by atoms with Gasteiger partial charge in [-0.05, 0) is 0 Å². The van der Waals surface area contributed by atoms with Crippen LogP contribution in [0.3, 0.4) is 0 Å². The first-order valence-electron chi connectivity index (χ1n) is 4.53. The first-order valence-corrected chi connectivity index (χ1v) is 4.53. The van der Waals surface area contributed by atoms with Crippen LogP contribution in [0, 0.1) is 12.8 Å². The van der Waals surface area contributed by atoms with E-state index in [9.17, 15) is 4.79 Å². The first kappa shape index (κ1) is 11.9. The average Bonchev–Trinajstić information content (AvgIpc) is 2.45. The van der Waals surface area contributed by atoms with Gasteiger partial charge in [0, 0.05) is 20.0 Å². The summed E-state index contributed by atoms with van der Waals surface area (Å²) in [6.45, 7) is 3.55. The Labute approximate surface area is 93.2 Å². The van der Waals surface area contributed by atoms with E-state index in [0.29, 0.717) is 18.3 Å². The molecule has 84 valence electrons. The van der Waals surface area contributed by atoms with Crippen molar-refractivity contribution >= 4 is 18.3 Å². The molecule has 1 amide bonds. The number of aryl methyl sites for hydroxylation is 1. The minimum absolute atomic E-state index is 0. The maximum atomic E-state index is 11.4. The fraction of sp³-hybridized carbons (Fsp3) is 0.625. The van der Waals surface area contributed by atoms with Crippen LogP contribution in [0.4, 0.5) is 0 Å². The molecule has 0 aromatic carbocycles. The summed E-state index contributed by atoms with van der Waals surface area (Å²) in [6.07, 6.45) is 0. The third-order valence-corrected chi connectivity index (χ3v) is 2.13. The van der Waals surface area contributed by atoms with Crippen LogP contribution in [-0.4, -0.2) is 29.2 Å². The van der Waals surface area contributed by atoms with E-state index < -0.39 is 0 Å². The molecule has 0 aliphatic carbocycles. The molecule has 7 heteroatoms. The molecule has 1 aromatic rings. The van der Waals surface area contributed by atoms with Gasteiger partial charge in [0.2, 0.25) is 17.7 Å². The van der Waals surface area contributed by atoms with Crippen molar-refractivity contribution in [1.29, 1.82) is 0 Å². The second-order valence-electron chi connectivity index (χ2n) is 3.29. The van der Waals surface area contributed by atoms with Crippen molar-refractivity contribution in [2.45, 2.75) is 13.5 Å². The Bertz CT molecular complexity index is 337. The van der Waals surface area contributed by atoms with E-state index in [1.54, 1.807) is 6.92 Å². The SMILES string of the molecule is Cc1nnc(CNC(=O)C2CNC2)o1.Cl. The molecular formula is C8H13ClN4O2. The largest absolute Gasteiger partial charge is 0.424 e. The number of carbonyl (C=O) groups is 1. The zero-order valence-electron chi connectivity index (χ0n) is 8.32. The van der Waals surface area contributed by atoms with Gasteiger partial charge in [-0.1, -0.05) is 0 Å². The molecule has 0 bridgehead atoms. The summed E-state index contributed by atoms with van der Waals surface area (Å²) >= 11 is 0. The van der Waals surface area contributed by atoms with E-state index in [1.165, 1.54) is 0 Å². The second kappa shape index (κ2) is 5.09. The minimum atomic E-state index is 0. The van der Waals surface area contributed by atoms with Crippen LogP contribution < -0.4 is 10.6 Å². The van der Waals surface area contributed by atoms with Crippen molar-refractivity contribution in [1.82, 2.24) is 20.8 Å². The highest BCUT2D eigenvalue weighted by atomic mass is 35.5. The van der Waals surface area contributed by atoms with Crippen LogP contribution in [0.5, 0.6) is 0 Å². The van der Waals surface area contributed by atoms with E-state index >= 15 is 0 Å². The van der Waals surface area contributed by atoms with Gasteiger partial charge in [-0.25, -0.2) is 0 Å². The summed E-state index contributed by atoms with van der Waals surface area (Å²) in [7, 11) is 0. The summed E-state index contributed by atoms with van der Waals surface area (Å²) in [4.78, 5) is 11.4. The van der Waals surface area contributed by atoms with Crippen molar-refractivity contribution < 1.29 is 9.21 Å². The topological polar surface area (TPSA) is 80.0 Å². The molecule has 2 heterocycles. The normalized spacial score (nSPS) is 15.3. The van der Waals surface area contributed by atoms with E-state index in [1.807, 2.05) is 0 Å². The third-order valence-electron chi connectivity index (χ3n) is 2.13. The molecule has 6 nitrogen and oxygen atoms in total. The number of carbonyl (C=O) groups excluding carboxylic acids is 1. The number of halogens is 1. The predicted octanol–water partition coefficient (Wildman–Crippen LogP) is -0.365. The van der Waals surface area contributed by atoms with E-state index in [-0.39, 0.29) is 24.2 Å². The number of hydrogen-bond donors (Lipinski definition) is 2. The van der Waals surface area contributed by atoms with Crippen LogP contribution in [0.1, 0.15) is 11.8 Å². The fourth-order valence-electron chi connectivity index (χ4n) is 1.19. The maximum absolute atomic E-state index is 11.4. The lowest BCUT2D eigenvalue weighted by molar-refractivity contribution is -0.126. The summed E-state index contributed by atoms with van der Waals surface area (Å²) in [5.41, 5.74) is 0. The molecule has 1 aromatic heterocycles. The number of aromatic nitrogens is 2. The molecule has 1 aliphatic heterocycles. The fourth-order valence-corrected chi connectivity index (χ4v) is 1.19.